The normalized spacial score (nSPS) is 20.2. The van der Waals surface area contributed by atoms with E-state index in [2.05, 4.69) is 42.3 Å². The fourth-order valence-electron chi connectivity index (χ4n) is 3.29. The third kappa shape index (κ3) is 4.49. The first-order valence-corrected chi connectivity index (χ1v) is 8.77. The third-order valence-corrected chi connectivity index (χ3v) is 4.92. The number of likely N-dealkylation sites (tertiary alicyclic amines) is 1. The number of ether oxygens (including phenoxy) is 1. The monoisotopic (exact) mass is 329 g/mol. The van der Waals surface area contributed by atoms with E-state index in [1.54, 1.807) is 0 Å². The van der Waals surface area contributed by atoms with Crippen LogP contribution in [0.4, 0.5) is 0 Å². The van der Waals surface area contributed by atoms with E-state index in [0.717, 1.165) is 17.2 Å². The summed E-state index contributed by atoms with van der Waals surface area (Å²) in [6, 6.07) is 18.8. The SMILES string of the molecule is CN1CCCCC1CC(Oc1ccc(Cl)cc1)c1ccccc1. The van der Waals surface area contributed by atoms with Gasteiger partial charge in [-0.25, -0.2) is 0 Å². The molecule has 0 bridgehead atoms. The third-order valence-electron chi connectivity index (χ3n) is 4.67. The topological polar surface area (TPSA) is 12.5 Å². The van der Waals surface area contributed by atoms with Crippen LogP contribution in [0.1, 0.15) is 37.4 Å². The Balaban J connectivity index is 1.77. The Morgan fingerprint density at radius 2 is 1.83 bits per heavy atom. The van der Waals surface area contributed by atoms with Crippen LogP contribution in [-0.2, 0) is 0 Å². The van der Waals surface area contributed by atoms with E-state index in [-0.39, 0.29) is 6.10 Å². The van der Waals surface area contributed by atoms with Gasteiger partial charge in [0.05, 0.1) is 0 Å². The lowest BCUT2D eigenvalue weighted by atomic mass is 9.94. The first-order chi connectivity index (χ1) is 11.2. The predicted octanol–water partition coefficient (Wildman–Crippen LogP) is 5.33. The Morgan fingerprint density at radius 3 is 2.52 bits per heavy atom. The van der Waals surface area contributed by atoms with Crippen LogP contribution in [0.2, 0.25) is 5.02 Å². The maximum Gasteiger partial charge on any atom is 0.125 e. The smallest absolute Gasteiger partial charge is 0.125 e. The second kappa shape index (κ2) is 7.85. The summed E-state index contributed by atoms with van der Waals surface area (Å²) in [5, 5.41) is 0.737. The highest BCUT2D eigenvalue weighted by Gasteiger charge is 2.25. The summed E-state index contributed by atoms with van der Waals surface area (Å²) in [4.78, 5) is 2.48. The quantitative estimate of drug-likeness (QED) is 0.734. The Hall–Kier alpha value is -1.51. The lowest BCUT2D eigenvalue weighted by Gasteiger charge is -2.35. The van der Waals surface area contributed by atoms with Gasteiger partial charge in [0.1, 0.15) is 11.9 Å². The molecule has 0 radical (unpaired) electrons. The van der Waals surface area contributed by atoms with Gasteiger partial charge in [0, 0.05) is 17.5 Å². The Bertz CT molecular complexity index is 599. The molecular weight excluding hydrogens is 306 g/mol. The predicted molar refractivity (Wildman–Crippen MR) is 96.1 cm³/mol. The molecule has 23 heavy (non-hydrogen) atoms. The number of piperidine rings is 1. The number of rotatable bonds is 5. The summed E-state index contributed by atoms with van der Waals surface area (Å²) in [7, 11) is 2.23. The minimum absolute atomic E-state index is 0.0722. The van der Waals surface area contributed by atoms with Crippen molar-refractivity contribution in [2.24, 2.45) is 0 Å². The zero-order chi connectivity index (χ0) is 16.1. The molecule has 0 aromatic heterocycles. The Morgan fingerprint density at radius 1 is 1.09 bits per heavy atom. The van der Waals surface area contributed by atoms with Gasteiger partial charge in [-0.3, -0.25) is 0 Å². The van der Waals surface area contributed by atoms with Crippen molar-refractivity contribution >= 4 is 11.6 Å². The van der Waals surface area contributed by atoms with Gasteiger partial charge >= 0.3 is 0 Å². The van der Waals surface area contributed by atoms with Crippen molar-refractivity contribution < 1.29 is 4.74 Å². The number of hydrogen-bond acceptors (Lipinski definition) is 2. The molecule has 0 N–H and O–H groups in total. The second-order valence-electron chi connectivity index (χ2n) is 6.34. The van der Waals surface area contributed by atoms with Crippen LogP contribution in [0.15, 0.2) is 54.6 Å². The van der Waals surface area contributed by atoms with E-state index in [1.165, 1.54) is 31.4 Å². The minimum Gasteiger partial charge on any atom is -0.486 e. The molecule has 2 unspecified atom stereocenters. The summed E-state index contributed by atoms with van der Waals surface area (Å²) in [5.41, 5.74) is 1.24. The van der Waals surface area contributed by atoms with Gasteiger partial charge < -0.3 is 9.64 Å². The Kier molecular flexibility index (Phi) is 5.58. The second-order valence-corrected chi connectivity index (χ2v) is 6.77. The average molecular weight is 330 g/mol. The van der Waals surface area contributed by atoms with Gasteiger partial charge in [0.25, 0.3) is 0 Å². The van der Waals surface area contributed by atoms with E-state index >= 15 is 0 Å². The standard InChI is InChI=1S/C20H24ClNO/c1-22-14-6-5-9-18(22)15-20(16-7-3-2-4-8-16)23-19-12-10-17(21)11-13-19/h2-4,7-8,10-13,18,20H,5-6,9,14-15H2,1H3. The molecule has 1 heterocycles. The van der Waals surface area contributed by atoms with E-state index in [9.17, 15) is 0 Å². The molecule has 122 valence electrons. The van der Waals surface area contributed by atoms with Crippen LogP contribution in [-0.4, -0.2) is 24.5 Å². The molecule has 2 aromatic rings. The number of halogens is 1. The number of benzene rings is 2. The molecule has 1 aliphatic rings. The van der Waals surface area contributed by atoms with Crippen LogP contribution in [0.5, 0.6) is 5.75 Å². The largest absolute Gasteiger partial charge is 0.486 e. The molecule has 0 amide bonds. The molecule has 1 saturated heterocycles. The van der Waals surface area contributed by atoms with Crippen molar-refractivity contribution in [2.75, 3.05) is 13.6 Å². The highest BCUT2D eigenvalue weighted by molar-refractivity contribution is 6.30. The summed E-state index contributed by atoms with van der Waals surface area (Å²) >= 11 is 5.98. The van der Waals surface area contributed by atoms with Crippen LogP contribution >= 0.6 is 11.6 Å². The van der Waals surface area contributed by atoms with Gasteiger partial charge in [0.15, 0.2) is 0 Å². The first kappa shape index (κ1) is 16.4. The molecule has 3 heteroatoms. The molecule has 3 rings (SSSR count). The highest BCUT2D eigenvalue weighted by atomic mass is 35.5. The van der Waals surface area contributed by atoms with Crippen LogP contribution < -0.4 is 4.74 Å². The summed E-state index contributed by atoms with van der Waals surface area (Å²) < 4.78 is 6.32. The summed E-state index contributed by atoms with van der Waals surface area (Å²) in [5.74, 6) is 0.877. The molecule has 2 nitrogen and oxygen atoms in total. The summed E-state index contributed by atoms with van der Waals surface area (Å²) in [6.07, 6.45) is 4.97. The van der Waals surface area contributed by atoms with E-state index in [4.69, 9.17) is 16.3 Å². The average Bonchev–Trinajstić information content (AvgIpc) is 2.59. The molecule has 0 aliphatic carbocycles. The number of hydrogen-bond donors (Lipinski definition) is 0. The van der Waals surface area contributed by atoms with Crippen LogP contribution in [0, 0.1) is 0 Å². The Labute approximate surface area is 144 Å². The summed E-state index contributed by atoms with van der Waals surface area (Å²) in [6.45, 7) is 1.19. The minimum atomic E-state index is 0.0722. The van der Waals surface area contributed by atoms with Gasteiger partial charge in [-0.15, -0.1) is 0 Å². The van der Waals surface area contributed by atoms with Gasteiger partial charge in [-0.2, -0.15) is 0 Å². The van der Waals surface area contributed by atoms with Crippen molar-refractivity contribution in [3.63, 3.8) is 0 Å². The van der Waals surface area contributed by atoms with Crippen LogP contribution in [0.3, 0.4) is 0 Å². The fourth-order valence-corrected chi connectivity index (χ4v) is 3.41. The zero-order valence-corrected chi connectivity index (χ0v) is 14.4. The molecular formula is C20H24ClNO. The lowest BCUT2D eigenvalue weighted by Crippen LogP contribution is -2.37. The highest BCUT2D eigenvalue weighted by Crippen LogP contribution is 2.30. The lowest BCUT2D eigenvalue weighted by molar-refractivity contribution is 0.109. The molecule has 1 aliphatic heterocycles. The van der Waals surface area contributed by atoms with Crippen molar-refractivity contribution in [3.05, 3.63) is 65.2 Å². The maximum absolute atomic E-state index is 6.32. The van der Waals surface area contributed by atoms with Crippen LogP contribution in [0.25, 0.3) is 0 Å². The molecule has 1 fully saturated rings. The maximum atomic E-state index is 6.32. The zero-order valence-electron chi connectivity index (χ0n) is 13.6. The van der Waals surface area contributed by atoms with Gasteiger partial charge in [-0.05, 0) is 56.3 Å². The van der Waals surface area contributed by atoms with Gasteiger partial charge in [-0.1, -0.05) is 48.4 Å². The van der Waals surface area contributed by atoms with E-state index < -0.39 is 0 Å². The van der Waals surface area contributed by atoms with Crippen molar-refractivity contribution in [1.29, 1.82) is 0 Å². The first-order valence-electron chi connectivity index (χ1n) is 8.40. The van der Waals surface area contributed by atoms with E-state index in [1.807, 2.05) is 24.3 Å². The fraction of sp³-hybridized carbons (Fsp3) is 0.400. The molecule has 0 spiro atoms. The van der Waals surface area contributed by atoms with Gasteiger partial charge in [0.2, 0.25) is 0 Å². The molecule has 2 atom stereocenters. The van der Waals surface area contributed by atoms with Crippen molar-refractivity contribution in [1.82, 2.24) is 4.90 Å². The van der Waals surface area contributed by atoms with Crippen molar-refractivity contribution in [2.45, 2.75) is 37.8 Å². The number of nitrogens with zero attached hydrogens (tertiary/aromatic N) is 1. The van der Waals surface area contributed by atoms with Crippen molar-refractivity contribution in [3.8, 4) is 5.75 Å². The molecule has 2 aromatic carbocycles. The molecule has 0 saturated carbocycles. The van der Waals surface area contributed by atoms with E-state index in [0.29, 0.717) is 6.04 Å².